The molecule has 0 fully saturated rings. The predicted octanol–water partition coefficient (Wildman–Crippen LogP) is 4.60. The molecular weight excluding hydrogens is 276 g/mol. The molecule has 3 heteroatoms. The normalized spacial score (nSPS) is 11.1. The summed E-state index contributed by atoms with van der Waals surface area (Å²) in [5.74, 6) is 0.676. The van der Waals surface area contributed by atoms with Gasteiger partial charge in [0.15, 0.2) is 0 Å². The second-order valence-electron chi connectivity index (χ2n) is 5.86. The molecule has 0 saturated carbocycles. The van der Waals surface area contributed by atoms with E-state index < -0.39 is 0 Å². The molecule has 1 aromatic carbocycles. The van der Waals surface area contributed by atoms with Gasteiger partial charge in [0, 0.05) is 17.6 Å². The molecule has 0 unspecified atom stereocenters. The van der Waals surface area contributed by atoms with E-state index in [0.29, 0.717) is 5.92 Å². The molecule has 0 spiro atoms. The summed E-state index contributed by atoms with van der Waals surface area (Å²) in [7, 11) is 0. The van der Waals surface area contributed by atoms with Crippen molar-refractivity contribution in [3.8, 4) is 0 Å². The highest BCUT2D eigenvalue weighted by Crippen LogP contribution is 2.30. The molecule has 0 saturated heterocycles. The van der Waals surface area contributed by atoms with E-state index in [4.69, 9.17) is 0 Å². The quantitative estimate of drug-likeness (QED) is 0.844. The van der Waals surface area contributed by atoms with Crippen molar-refractivity contribution < 1.29 is 0 Å². The Kier molecular flexibility index (Phi) is 5.83. The van der Waals surface area contributed by atoms with Gasteiger partial charge in [-0.25, -0.2) is 4.98 Å². The molecule has 2 aromatic rings. The van der Waals surface area contributed by atoms with Crippen LogP contribution in [0.2, 0.25) is 0 Å². The Morgan fingerprint density at radius 1 is 1.14 bits per heavy atom. The van der Waals surface area contributed by atoms with E-state index in [1.54, 1.807) is 11.8 Å². The smallest absolute Gasteiger partial charge is 0.104 e. The fourth-order valence-electron chi connectivity index (χ4n) is 2.10. The van der Waals surface area contributed by atoms with Gasteiger partial charge < -0.3 is 5.32 Å². The molecule has 21 heavy (non-hydrogen) atoms. The average molecular weight is 300 g/mol. The molecule has 0 aliphatic rings. The zero-order valence-corrected chi connectivity index (χ0v) is 14.1. The zero-order chi connectivity index (χ0) is 15.2. The maximum Gasteiger partial charge on any atom is 0.104 e. The second-order valence-corrected chi connectivity index (χ2v) is 6.89. The highest BCUT2D eigenvalue weighted by atomic mass is 32.2. The minimum atomic E-state index is 0.676. The zero-order valence-electron chi connectivity index (χ0n) is 13.3. The number of nitrogens with one attached hydrogen (secondary N) is 1. The monoisotopic (exact) mass is 300 g/mol. The first-order valence-electron chi connectivity index (χ1n) is 7.46. The summed E-state index contributed by atoms with van der Waals surface area (Å²) in [6.45, 7) is 10.7. The Labute approximate surface area is 132 Å². The second kappa shape index (κ2) is 7.62. The van der Waals surface area contributed by atoms with Crippen molar-refractivity contribution >= 4 is 11.8 Å². The maximum atomic E-state index is 4.64. The Balaban J connectivity index is 2.04. The van der Waals surface area contributed by atoms with Gasteiger partial charge in [0.25, 0.3) is 0 Å². The van der Waals surface area contributed by atoms with Crippen molar-refractivity contribution in [2.75, 3.05) is 6.54 Å². The highest BCUT2D eigenvalue weighted by molar-refractivity contribution is 7.99. The topological polar surface area (TPSA) is 24.9 Å². The minimum Gasteiger partial charge on any atom is -0.312 e. The molecule has 1 aromatic heterocycles. The van der Waals surface area contributed by atoms with Gasteiger partial charge in [-0.05, 0) is 49.1 Å². The summed E-state index contributed by atoms with van der Waals surface area (Å²) < 4.78 is 0. The number of hydrogen-bond donors (Lipinski definition) is 1. The Morgan fingerprint density at radius 3 is 2.57 bits per heavy atom. The van der Waals surface area contributed by atoms with Crippen molar-refractivity contribution in [1.29, 1.82) is 0 Å². The SMILES string of the molecule is Cc1ccccc1Sc1ncc(CNCC(C)C)cc1C. The fourth-order valence-corrected chi connectivity index (χ4v) is 3.01. The lowest BCUT2D eigenvalue weighted by atomic mass is 10.2. The van der Waals surface area contributed by atoms with Crippen molar-refractivity contribution in [1.82, 2.24) is 10.3 Å². The van der Waals surface area contributed by atoms with Crippen molar-refractivity contribution in [3.63, 3.8) is 0 Å². The van der Waals surface area contributed by atoms with E-state index in [0.717, 1.165) is 18.1 Å². The lowest BCUT2D eigenvalue weighted by Crippen LogP contribution is -2.19. The lowest BCUT2D eigenvalue weighted by molar-refractivity contribution is 0.551. The predicted molar refractivity (Wildman–Crippen MR) is 90.8 cm³/mol. The van der Waals surface area contributed by atoms with Crippen molar-refractivity contribution in [2.45, 2.75) is 44.2 Å². The average Bonchev–Trinajstić information content (AvgIpc) is 2.43. The van der Waals surface area contributed by atoms with Crippen LogP contribution in [0.4, 0.5) is 0 Å². The summed E-state index contributed by atoms with van der Waals surface area (Å²) >= 11 is 1.75. The van der Waals surface area contributed by atoms with E-state index in [9.17, 15) is 0 Å². The third-order valence-electron chi connectivity index (χ3n) is 3.27. The number of hydrogen-bond acceptors (Lipinski definition) is 3. The van der Waals surface area contributed by atoms with Crippen molar-refractivity contribution in [2.24, 2.45) is 5.92 Å². The molecule has 1 N–H and O–H groups in total. The summed E-state index contributed by atoms with van der Waals surface area (Å²) in [4.78, 5) is 5.91. The van der Waals surface area contributed by atoms with E-state index in [2.05, 4.69) is 68.3 Å². The van der Waals surface area contributed by atoms with Gasteiger partial charge in [0.2, 0.25) is 0 Å². The van der Waals surface area contributed by atoms with Crippen LogP contribution in [-0.4, -0.2) is 11.5 Å². The number of pyridine rings is 1. The number of aromatic nitrogens is 1. The number of benzene rings is 1. The van der Waals surface area contributed by atoms with Crippen LogP contribution >= 0.6 is 11.8 Å². The Morgan fingerprint density at radius 2 is 1.90 bits per heavy atom. The lowest BCUT2D eigenvalue weighted by Gasteiger charge is -2.10. The van der Waals surface area contributed by atoms with Crippen LogP contribution in [0.1, 0.15) is 30.5 Å². The van der Waals surface area contributed by atoms with Crippen molar-refractivity contribution in [3.05, 3.63) is 53.2 Å². The third-order valence-corrected chi connectivity index (χ3v) is 4.57. The first-order valence-corrected chi connectivity index (χ1v) is 8.27. The molecule has 0 bridgehead atoms. The van der Waals surface area contributed by atoms with Crippen LogP contribution < -0.4 is 5.32 Å². The minimum absolute atomic E-state index is 0.676. The van der Waals surface area contributed by atoms with Gasteiger partial charge in [0.05, 0.1) is 0 Å². The first kappa shape index (κ1) is 16.1. The van der Waals surface area contributed by atoms with E-state index in [-0.39, 0.29) is 0 Å². The molecule has 112 valence electrons. The summed E-state index contributed by atoms with van der Waals surface area (Å²) in [6.07, 6.45) is 1.99. The number of rotatable bonds is 6. The highest BCUT2D eigenvalue weighted by Gasteiger charge is 2.06. The molecule has 2 rings (SSSR count). The van der Waals surface area contributed by atoms with Gasteiger partial charge >= 0.3 is 0 Å². The molecule has 2 nitrogen and oxygen atoms in total. The maximum absolute atomic E-state index is 4.64. The van der Waals surface area contributed by atoms with Gasteiger partial charge in [-0.3, -0.25) is 0 Å². The molecule has 0 radical (unpaired) electrons. The van der Waals surface area contributed by atoms with Gasteiger partial charge in [0.1, 0.15) is 5.03 Å². The van der Waals surface area contributed by atoms with Gasteiger partial charge in [-0.15, -0.1) is 0 Å². The van der Waals surface area contributed by atoms with Crippen LogP contribution in [0.25, 0.3) is 0 Å². The van der Waals surface area contributed by atoms with E-state index in [1.165, 1.54) is 21.6 Å². The Hall–Kier alpha value is -1.32. The summed E-state index contributed by atoms with van der Waals surface area (Å²) in [6, 6.07) is 10.7. The van der Waals surface area contributed by atoms with Crippen LogP contribution in [0.3, 0.4) is 0 Å². The van der Waals surface area contributed by atoms with Crippen LogP contribution in [-0.2, 0) is 6.54 Å². The number of nitrogens with zero attached hydrogens (tertiary/aromatic N) is 1. The molecule has 0 aliphatic heterocycles. The van der Waals surface area contributed by atoms with Crippen LogP contribution in [0.5, 0.6) is 0 Å². The molecule has 0 atom stereocenters. The standard InChI is InChI=1S/C18H24N2S/c1-13(2)10-19-11-16-9-15(4)18(20-12-16)21-17-8-6-5-7-14(17)3/h5-9,12-13,19H,10-11H2,1-4H3. The first-order chi connectivity index (χ1) is 10.1. The van der Waals surface area contributed by atoms with Gasteiger partial charge in [-0.2, -0.15) is 0 Å². The van der Waals surface area contributed by atoms with Crippen LogP contribution in [0.15, 0.2) is 46.5 Å². The molecule has 1 heterocycles. The van der Waals surface area contributed by atoms with E-state index >= 15 is 0 Å². The fraction of sp³-hybridized carbons (Fsp3) is 0.389. The summed E-state index contributed by atoms with van der Waals surface area (Å²) in [5, 5.41) is 4.55. The largest absolute Gasteiger partial charge is 0.312 e. The summed E-state index contributed by atoms with van der Waals surface area (Å²) in [5.41, 5.74) is 3.79. The molecular formula is C18H24N2S. The molecule has 0 aliphatic carbocycles. The third kappa shape index (κ3) is 4.87. The Bertz CT molecular complexity index is 594. The van der Waals surface area contributed by atoms with Crippen LogP contribution in [0, 0.1) is 19.8 Å². The number of aryl methyl sites for hydroxylation is 2. The van der Waals surface area contributed by atoms with Gasteiger partial charge in [-0.1, -0.05) is 49.9 Å². The van der Waals surface area contributed by atoms with E-state index in [1.807, 2.05) is 6.20 Å². The molecule has 0 amide bonds.